The van der Waals surface area contributed by atoms with Gasteiger partial charge in [0.1, 0.15) is 0 Å². The summed E-state index contributed by atoms with van der Waals surface area (Å²) >= 11 is 0. The molecule has 2 nitrogen and oxygen atoms in total. The zero-order valence-corrected chi connectivity index (χ0v) is 10.8. The standard InChI is InChI=1S/C11H21NOSi/c1-11(13-14(2,3)4)8-6-5-7-10(11)9-12/h10H,5-8H2,1-4H3. The van der Waals surface area contributed by atoms with Crippen molar-refractivity contribution in [2.24, 2.45) is 5.92 Å². The van der Waals surface area contributed by atoms with Crippen LogP contribution in [0.2, 0.25) is 19.6 Å². The highest BCUT2D eigenvalue weighted by atomic mass is 28.4. The molecular weight excluding hydrogens is 190 g/mol. The Bertz CT molecular complexity index is 241. The van der Waals surface area contributed by atoms with Crippen LogP contribution in [0.15, 0.2) is 0 Å². The molecule has 2 unspecified atom stereocenters. The summed E-state index contributed by atoms with van der Waals surface area (Å²) in [5.74, 6) is 0.1000. The zero-order chi connectivity index (χ0) is 10.8. The summed E-state index contributed by atoms with van der Waals surface area (Å²) in [6, 6.07) is 2.41. The summed E-state index contributed by atoms with van der Waals surface area (Å²) in [6.07, 6.45) is 4.45. The summed E-state index contributed by atoms with van der Waals surface area (Å²) in [5.41, 5.74) is -0.169. The van der Waals surface area contributed by atoms with E-state index in [-0.39, 0.29) is 11.5 Å². The van der Waals surface area contributed by atoms with E-state index in [0.717, 1.165) is 12.8 Å². The zero-order valence-electron chi connectivity index (χ0n) is 9.76. The fourth-order valence-electron chi connectivity index (χ4n) is 2.33. The minimum atomic E-state index is -1.53. The second-order valence-corrected chi connectivity index (χ2v) is 9.88. The minimum absolute atomic E-state index is 0.1000. The van der Waals surface area contributed by atoms with Gasteiger partial charge in [-0.3, -0.25) is 0 Å². The predicted octanol–water partition coefficient (Wildman–Crippen LogP) is 3.31. The van der Waals surface area contributed by atoms with Crippen LogP contribution in [-0.4, -0.2) is 13.9 Å². The van der Waals surface area contributed by atoms with Gasteiger partial charge in [0.2, 0.25) is 0 Å². The lowest BCUT2D eigenvalue weighted by atomic mass is 9.77. The molecule has 0 radical (unpaired) electrons. The van der Waals surface area contributed by atoms with Gasteiger partial charge in [-0.25, -0.2) is 0 Å². The lowest BCUT2D eigenvalue weighted by Crippen LogP contribution is -2.47. The lowest BCUT2D eigenvalue weighted by molar-refractivity contribution is 0.00869. The van der Waals surface area contributed by atoms with Crippen molar-refractivity contribution in [3.63, 3.8) is 0 Å². The topological polar surface area (TPSA) is 33.0 Å². The van der Waals surface area contributed by atoms with E-state index in [9.17, 15) is 0 Å². The summed E-state index contributed by atoms with van der Waals surface area (Å²) in [7, 11) is -1.53. The Hall–Kier alpha value is -0.333. The Morgan fingerprint density at radius 1 is 1.36 bits per heavy atom. The normalized spacial score (nSPS) is 33.8. The smallest absolute Gasteiger partial charge is 0.184 e. The molecule has 0 saturated heterocycles. The highest BCUT2D eigenvalue weighted by Gasteiger charge is 2.40. The first-order valence-electron chi connectivity index (χ1n) is 5.47. The summed E-state index contributed by atoms with van der Waals surface area (Å²) < 4.78 is 6.19. The van der Waals surface area contributed by atoms with Gasteiger partial charge >= 0.3 is 0 Å². The van der Waals surface area contributed by atoms with Crippen LogP contribution in [0.3, 0.4) is 0 Å². The van der Waals surface area contributed by atoms with Crippen molar-refractivity contribution in [2.75, 3.05) is 0 Å². The molecule has 3 heteroatoms. The third-order valence-corrected chi connectivity index (χ3v) is 3.93. The van der Waals surface area contributed by atoms with E-state index >= 15 is 0 Å². The van der Waals surface area contributed by atoms with E-state index in [4.69, 9.17) is 9.69 Å². The lowest BCUT2D eigenvalue weighted by Gasteiger charge is -2.42. The molecule has 0 N–H and O–H groups in total. The van der Waals surface area contributed by atoms with Crippen LogP contribution in [0.1, 0.15) is 32.6 Å². The molecule has 1 fully saturated rings. The fraction of sp³-hybridized carbons (Fsp3) is 0.909. The fourth-order valence-corrected chi connectivity index (χ4v) is 3.97. The monoisotopic (exact) mass is 211 g/mol. The third kappa shape index (κ3) is 2.83. The van der Waals surface area contributed by atoms with E-state index in [1.54, 1.807) is 0 Å². The van der Waals surface area contributed by atoms with Gasteiger partial charge < -0.3 is 4.43 Å². The largest absolute Gasteiger partial charge is 0.411 e. The molecule has 0 heterocycles. The molecule has 1 saturated carbocycles. The van der Waals surface area contributed by atoms with Gasteiger partial charge in [-0.05, 0) is 39.4 Å². The Morgan fingerprint density at radius 2 is 2.00 bits per heavy atom. The van der Waals surface area contributed by atoms with Crippen molar-refractivity contribution in [2.45, 2.75) is 57.8 Å². The van der Waals surface area contributed by atoms with Gasteiger partial charge in [-0.15, -0.1) is 0 Å². The molecule has 1 aliphatic carbocycles. The van der Waals surface area contributed by atoms with Gasteiger partial charge in [-0.2, -0.15) is 5.26 Å². The number of nitriles is 1. The third-order valence-electron chi connectivity index (χ3n) is 2.85. The molecule has 0 amide bonds. The number of hydrogen-bond donors (Lipinski definition) is 0. The first kappa shape index (κ1) is 11.7. The molecule has 2 atom stereocenters. The second-order valence-electron chi connectivity index (χ2n) is 5.45. The second kappa shape index (κ2) is 4.04. The Labute approximate surface area is 88.4 Å². The van der Waals surface area contributed by atoms with Crippen LogP contribution in [0.4, 0.5) is 0 Å². The summed E-state index contributed by atoms with van der Waals surface area (Å²) in [5, 5.41) is 9.11. The minimum Gasteiger partial charge on any atom is -0.411 e. The van der Waals surface area contributed by atoms with Crippen molar-refractivity contribution in [1.29, 1.82) is 5.26 Å². The SMILES string of the molecule is CC1(O[Si](C)(C)C)CCCCC1C#N. The van der Waals surface area contributed by atoms with Gasteiger partial charge in [0.05, 0.1) is 17.6 Å². The van der Waals surface area contributed by atoms with Crippen LogP contribution in [0.25, 0.3) is 0 Å². The molecule has 1 rings (SSSR count). The van der Waals surface area contributed by atoms with Crippen LogP contribution >= 0.6 is 0 Å². The highest BCUT2D eigenvalue weighted by Crippen LogP contribution is 2.38. The number of rotatable bonds is 2. The van der Waals surface area contributed by atoms with Crippen molar-refractivity contribution >= 4 is 8.32 Å². The quantitative estimate of drug-likeness (QED) is 0.656. The predicted molar refractivity (Wildman–Crippen MR) is 60.4 cm³/mol. The van der Waals surface area contributed by atoms with Crippen LogP contribution in [-0.2, 0) is 4.43 Å². The molecule has 0 aromatic carbocycles. The Morgan fingerprint density at radius 3 is 2.50 bits per heavy atom. The van der Waals surface area contributed by atoms with Crippen LogP contribution < -0.4 is 0 Å². The maximum atomic E-state index is 9.11. The van der Waals surface area contributed by atoms with Crippen molar-refractivity contribution in [3.8, 4) is 6.07 Å². The van der Waals surface area contributed by atoms with E-state index < -0.39 is 8.32 Å². The summed E-state index contributed by atoms with van der Waals surface area (Å²) in [4.78, 5) is 0. The van der Waals surface area contributed by atoms with Crippen molar-refractivity contribution in [1.82, 2.24) is 0 Å². The van der Waals surface area contributed by atoms with Crippen LogP contribution in [0, 0.1) is 17.2 Å². The van der Waals surface area contributed by atoms with Crippen molar-refractivity contribution in [3.05, 3.63) is 0 Å². The number of hydrogen-bond acceptors (Lipinski definition) is 2. The van der Waals surface area contributed by atoms with Gasteiger partial charge in [0, 0.05) is 0 Å². The summed E-state index contributed by atoms with van der Waals surface area (Å²) in [6.45, 7) is 8.71. The average molecular weight is 211 g/mol. The first-order chi connectivity index (χ1) is 6.37. The van der Waals surface area contributed by atoms with Gasteiger partial charge in [-0.1, -0.05) is 12.8 Å². The van der Waals surface area contributed by atoms with Crippen LogP contribution in [0.5, 0.6) is 0 Å². The maximum absolute atomic E-state index is 9.11. The molecule has 1 aliphatic rings. The number of nitrogens with zero attached hydrogens (tertiary/aromatic N) is 1. The van der Waals surface area contributed by atoms with Crippen molar-refractivity contribution < 1.29 is 4.43 Å². The first-order valence-corrected chi connectivity index (χ1v) is 8.88. The van der Waals surface area contributed by atoms with Gasteiger partial charge in [0.15, 0.2) is 8.32 Å². The molecule has 0 aromatic rings. The molecule has 80 valence electrons. The van der Waals surface area contributed by atoms with E-state index in [0.29, 0.717) is 0 Å². The molecular formula is C11H21NOSi. The van der Waals surface area contributed by atoms with E-state index in [1.165, 1.54) is 12.8 Å². The maximum Gasteiger partial charge on any atom is 0.184 e. The van der Waals surface area contributed by atoms with Gasteiger partial charge in [0.25, 0.3) is 0 Å². The molecule has 0 spiro atoms. The Balaban J connectivity index is 2.74. The molecule has 0 bridgehead atoms. The van der Waals surface area contributed by atoms with E-state index in [1.807, 2.05) is 0 Å². The molecule has 0 aromatic heterocycles. The average Bonchev–Trinajstić information content (AvgIpc) is 2.01. The highest BCUT2D eigenvalue weighted by molar-refractivity contribution is 6.69. The van der Waals surface area contributed by atoms with E-state index in [2.05, 4.69) is 32.6 Å². The Kier molecular flexibility index (Phi) is 3.39. The molecule has 14 heavy (non-hydrogen) atoms. The molecule has 0 aliphatic heterocycles.